The minimum absolute atomic E-state index is 0.0592. The lowest BCUT2D eigenvalue weighted by Crippen LogP contribution is -2.63. The first-order valence-electron chi connectivity index (χ1n) is 10.8. The Kier molecular flexibility index (Phi) is 7.57. The molecule has 1 unspecified atom stereocenters. The van der Waals surface area contributed by atoms with Crippen LogP contribution in [0.3, 0.4) is 0 Å². The van der Waals surface area contributed by atoms with Crippen LogP contribution in [0.4, 0.5) is 17.5 Å². The number of ether oxygens (including phenoxy) is 1. The molecule has 5 atom stereocenters. The number of nitrogens with zero attached hydrogens (tertiary/aromatic N) is 4. The number of aromatic nitrogens is 2. The minimum Gasteiger partial charge on any atom is -0.387 e. The molecule has 2 amide bonds. The molecular weight excluding hydrogens is 450 g/mol. The summed E-state index contributed by atoms with van der Waals surface area (Å²) in [5, 5.41) is 23.6. The number of aliphatic imine (C=N–C) groups is 1. The maximum Gasteiger partial charge on any atom is 0.284 e. The maximum absolute atomic E-state index is 13.2. The molecule has 1 fully saturated rings. The van der Waals surface area contributed by atoms with Gasteiger partial charge in [0.2, 0.25) is 30.1 Å². The number of nitrogens with one attached hydrogen (secondary N) is 2. The predicted molar refractivity (Wildman–Crippen MR) is 121 cm³/mol. The summed E-state index contributed by atoms with van der Waals surface area (Å²) in [7, 11) is 0. The zero-order valence-corrected chi connectivity index (χ0v) is 19.1. The van der Waals surface area contributed by atoms with Crippen LogP contribution >= 0.6 is 0 Å². The summed E-state index contributed by atoms with van der Waals surface area (Å²) in [4.78, 5) is 61.1. The molecule has 1 aromatic heterocycles. The van der Waals surface area contributed by atoms with Gasteiger partial charge in [-0.2, -0.15) is 14.5 Å². The molecule has 1 aromatic rings. The number of rotatable bonds is 9. The van der Waals surface area contributed by atoms with E-state index in [9.17, 15) is 29.4 Å². The van der Waals surface area contributed by atoms with E-state index in [0.717, 1.165) is 4.90 Å². The molecule has 0 saturated carbocycles. The molecular formula is C20H29N7O7+. The Morgan fingerprint density at radius 2 is 2.09 bits per heavy atom. The first-order valence-corrected chi connectivity index (χ1v) is 10.8. The van der Waals surface area contributed by atoms with E-state index in [0.29, 0.717) is 0 Å². The van der Waals surface area contributed by atoms with Crippen LogP contribution in [0, 0.1) is 5.92 Å². The normalized spacial score (nSPS) is 27.6. The second-order valence-corrected chi connectivity index (χ2v) is 8.53. The van der Waals surface area contributed by atoms with Crippen molar-refractivity contribution in [1.29, 1.82) is 0 Å². The molecule has 14 heteroatoms. The Labute approximate surface area is 195 Å². The van der Waals surface area contributed by atoms with Gasteiger partial charge in [-0.05, 0) is 6.92 Å². The molecule has 3 rings (SSSR count). The Morgan fingerprint density at radius 3 is 2.65 bits per heavy atom. The number of quaternary nitrogens is 1. The van der Waals surface area contributed by atoms with Gasteiger partial charge in [0.1, 0.15) is 6.10 Å². The first-order chi connectivity index (χ1) is 16.0. The summed E-state index contributed by atoms with van der Waals surface area (Å²) in [6.45, 7) is 4.19. The van der Waals surface area contributed by atoms with Gasteiger partial charge < -0.3 is 25.6 Å². The van der Waals surface area contributed by atoms with Crippen molar-refractivity contribution < 1.29 is 29.3 Å². The van der Waals surface area contributed by atoms with Gasteiger partial charge in [0.25, 0.3) is 17.3 Å². The van der Waals surface area contributed by atoms with E-state index in [-0.39, 0.29) is 37.1 Å². The van der Waals surface area contributed by atoms with Gasteiger partial charge in [0.15, 0.2) is 19.0 Å². The number of aromatic amines is 1. The quantitative estimate of drug-likeness (QED) is 0.242. The molecule has 14 nitrogen and oxygen atoms in total. The molecule has 0 spiro atoms. The van der Waals surface area contributed by atoms with E-state index in [1.54, 1.807) is 27.1 Å². The second-order valence-electron chi connectivity index (χ2n) is 8.53. The number of fused-ring (bicyclic) bond motifs is 1. The van der Waals surface area contributed by atoms with Crippen LogP contribution in [0.1, 0.15) is 20.8 Å². The number of aliphatic hydroxyl groups is 2. The predicted octanol–water partition coefficient (Wildman–Crippen LogP) is -2.29. The number of hydrogen-bond acceptors (Lipinski definition) is 10. The van der Waals surface area contributed by atoms with Gasteiger partial charge in [-0.1, -0.05) is 13.8 Å². The van der Waals surface area contributed by atoms with Gasteiger partial charge in [0.05, 0.1) is 12.6 Å². The van der Waals surface area contributed by atoms with E-state index < -0.39 is 58.9 Å². The fourth-order valence-corrected chi connectivity index (χ4v) is 3.85. The molecule has 3 heterocycles. The molecule has 0 aliphatic carbocycles. The van der Waals surface area contributed by atoms with Crippen molar-refractivity contribution >= 4 is 41.9 Å². The lowest BCUT2D eigenvalue weighted by atomic mass is 10.1. The number of carbonyl (C=O) groups is 2. The van der Waals surface area contributed by atoms with Gasteiger partial charge in [-0.3, -0.25) is 29.5 Å². The highest BCUT2D eigenvalue weighted by Crippen LogP contribution is 2.40. The highest BCUT2D eigenvalue weighted by atomic mass is 16.6. The fraction of sp³-hybridized carbons (Fsp3) is 0.600. The van der Waals surface area contributed by atoms with Crippen molar-refractivity contribution in [3.63, 3.8) is 0 Å². The zero-order chi connectivity index (χ0) is 25.2. The Hall–Kier alpha value is -3.04. The molecule has 1 saturated heterocycles. The minimum atomic E-state index is -1.46. The third kappa shape index (κ3) is 4.63. The topological polar surface area (TPSA) is 200 Å². The number of amides is 2. The van der Waals surface area contributed by atoms with Gasteiger partial charge >= 0.3 is 0 Å². The first kappa shape index (κ1) is 25.6. The summed E-state index contributed by atoms with van der Waals surface area (Å²) in [5.41, 5.74) is 4.72. The number of nitrogens with two attached hydrogens (primary N) is 1. The summed E-state index contributed by atoms with van der Waals surface area (Å²) in [6, 6.07) is 0. The monoisotopic (exact) mass is 479 g/mol. The average Bonchev–Trinajstić information content (AvgIpc) is 3.27. The van der Waals surface area contributed by atoms with Crippen molar-refractivity contribution in [3.05, 3.63) is 10.4 Å². The molecule has 0 bridgehead atoms. The Bertz CT molecular complexity index is 1040. The van der Waals surface area contributed by atoms with Gasteiger partial charge in [0, 0.05) is 19.0 Å². The Morgan fingerprint density at radius 1 is 1.38 bits per heavy atom. The van der Waals surface area contributed by atoms with Crippen LogP contribution in [-0.2, 0) is 19.1 Å². The van der Waals surface area contributed by atoms with E-state index in [1.165, 1.54) is 6.34 Å². The molecule has 6 N–H and O–H groups in total. The van der Waals surface area contributed by atoms with Crippen LogP contribution in [0.15, 0.2) is 9.79 Å². The number of hydrogen-bond donors (Lipinski definition) is 5. The van der Waals surface area contributed by atoms with E-state index in [1.807, 2.05) is 0 Å². The summed E-state index contributed by atoms with van der Waals surface area (Å²) in [6.07, 6.45) is -1.92. The summed E-state index contributed by atoms with van der Waals surface area (Å²) >= 11 is 0. The molecule has 0 aromatic carbocycles. The lowest BCUT2D eigenvalue weighted by Gasteiger charge is -2.36. The summed E-state index contributed by atoms with van der Waals surface area (Å²) < 4.78 is 5.12. The zero-order valence-electron chi connectivity index (χ0n) is 19.1. The molecule has 2 aliphatic heterocycles. The van der Waals surface area contributed by atoms with Crippen LogP contribution < -0.4 is 21.1 Å². The van der Waals surface area contributed by atoms with Crippen molar-refractivity contribution in [2.24, 2.45) is 16.6 Å². The number of H-pyrrole nitrogens is 1. The SMILES string of the molecule is CC(C)C(=O)Nc1nc2c(c(=O)[nH]1)N=C[N+]2(CC(=O)N(C[C]=O)CCN)[C@@H]1O[C@H](C)[C@@H](O)[C@H]1O. The number of carbonyl (C=O) groups excluding carboxylic acids is 3. The van der Waals surface area contributed by atoms with Gasteiger partial charge in [-0.15, -0.1) is 0 Å². The van der Waals surface area contributed by atoms with Crippen molar-refractivity contribution in [2.45, 2.75) is 45.3 Å². The number of aliphatic hydroxyl groups excluding tert-OH is 2. The summed E-state index contributed by atoms with van der Waals surface area (Å²) in [5.74, 6) is -1.63. The van der Waals surface area contributed by atoms with E-state index in [4.69, 9.17) is 10.5 Å². The van der Waals surface area contributed by atoms with E-state index in [2.05, 4.69) is 20.3 Å². The number of anilines is 1. The third-order valence-electron chi connectivity index (χ3n) is 5.76. The largest absolute Gasteiger partial charge is 0.387 e. The van der Waals surface area contributed by atoms with Crippen LogP contribution in [0.25, 0.3) is 0 Å². The van der Waals surface area contributed by atoms with Crippen LogP contribution in [0.5, 0.6) is 0 Å². The fourth-order valence-electron chi connectivity index (χ4n) is 3.85. The lowest BCUT2D eigenvalue weighted by molar-refractivity contribution is -0.134. The maximum atomic E-state index is 13.2. The second kappa shape index (κ2) is 10.1. The van der Waals surface area contributed by atoms with Gasteiger partial charge in [-0.25, -0.2) is 0 Å². The van der Waals surface area contributed by atoms with Crippen LogP contribution in [-0.4, -0.2) is 100 Å². The standard InChI is InChI=1S/C20H28N7O7/c1-10(2)17(32)24-20-23-16-13(18(33)25-20)22-9-27(16,19-15(31)14(30)11(3)34-19)8-12(29)26(5-4-21)6-7-28/h9-11,14-15,19,30-31H,4-6,8,21H2,1-3H3,(H-,23,24,25,32,33)/p+1/t11-,14-,15-,19-,27?/m1/s1. The smallest absolute Gasteiger partial charge is 0.284 e. The van der Waals surface area contributed by atoms with Crippen molar-refractivity contribution in [3.8, 4) is 0 Å². The third-order valence-corrected chi connectivity index (χ3v) is 5.76. The molecule has 2 aliphatic rings. The van der Waals surface area contributed by atoms with Crippen molar-refractivity contribution in [2.75, 3.05) is 31.5 Å². The van der Waals surface area contributed by atoms with Crippen LogP contribution in [0.2, 0.25) is 0 Å². The highest BCUT2D eigenvalue weighted by Gasteiger charge is 2.58. The van der Waals surface area contributed by atoms with Crippen molar-refractivity contribution in [1.82, 2.24) is 19.4 Å². The Balaban J connectivity index is 2.11. The highest BCUT2D eigenvalue weighted by molar-refractivity contribution is 5.95. The molecule has 34 heavy (non-hydrogen) atoms. The van der Waals surface area contributed by atoms with E-state index >= 15 is 0 Å². The average molecular weight is 479 g/mol. The molecule has 1 radical (unpaired) electrons. The molecule has 185 valence electrons.